The molecule has 0 amide bonds. The quantitative estimate of drug-likeness (QED) is 0.608. The fraction of sp³-hybridized carbons (Fsp3) is 0.571. The average molecular weight is 327 g/mol. The molecule has 8 heteroatoms. The van der Waals surface area contributed by atoms with Crippen molar-refractivity contribution in [2.45, 2.75) is 31.1 Å². The number of nitrogens with zero attached hydrogens (tertiary/aromatic N) is 1. The van der Waals surface area contributed by atoms with Gasteiger partial charge in [0.25, 0.3) is 5.69 Å². The van der Waals surface area contributed by atoms with Crippen LogP contribution in [0.25, 0.3) is 0 Å². The number of benzene rings is 1. The predicted molar refractivity (Wildman–Crippen MR) is 83.3 cm³/mol. The molecule has 1 atom stereocenters. The molecular formula is C14H21N3O4S. The maximum atomic E-state index is 12.5. The summed E-state index contributed by atoms with van der Waals surface area (Å²) >= 11 is 0. The van der Waals surface area contributed by atoms with E-state index in [2.05, 4.69) is 10.0 Å². The van der Waals surface area contributed by atoms with Crippen LogP contribution in [0, 0.1) is 16.0 Å². The van der Waals surface area contributed by atoms with Crippen LogP contribution in [-0.4, -0.2) is 33.0 Å². The summed E-state index contributed by atoms with van der Waals surface area (Å²) in [6.07, 6.45) is 2.51. The van der Waals surface area contributed by atoms with E-state index in [0.29, 0.717) is 18.5 Å². The summed E-state index contributed by atoms with van der Waals surface area (Å²) in [5.41, 5.74) is 0.372. The monoisotopic (exact) mass is 327 g/mol. The molecule has 0 aromatic heterocycles. The Kier molecular flexibility index (Phi) is 5.49. The fourth-order valence-electron chi connectivity index (χ4n) is 2.60. The van der Waals surface area contributed by atoms with Gasteiger partial charge in [-0.1, -0.05) is 13.0 Å². The molecule has 0 aliphatic carbocycles. The summed E-state index contributed by atoms with van der Waals surface area (Å²) in [6.45, 7) is 3.93. The number of nitrogens with one attached hydrogen (secondary N) is 2. The van der Waals surface area contributed by atoms with Crippen molar-refractivity contribution in [2.24, 2.45) is 5.92 Å². The maximum Gasteiger partial charge on any atom is 0.270 e. The Balaban J connectivity index is 2.19. The largest absolute Gasteiger partial charge is 0.316 e. The molecule has 122 valence electrons. The summed E-state index contributed by atoms with van der Waals surface area (Å²) in [7, 11) is -3.74. The minimum atomic E-state index is -3.74. The van der Waals surface area contributed by atoms with E-state index in [1.54, 1.807) is 0 Å². The molecule has 1 aliphatic rings. The topological polar surface area (TPSA) is 101 Å². The summed E-state index contributed by atoms with van der Waals surface area (Å²) in [4.78, 5) is 10.3. The number of nitro groups is 1. The van der Waals surface area contributed by atoms with Crippen molar-refractivity contribution in [3.8, 4) is 0 Å². The van der Waals surface area contributed by atoms with Crippen LogP contribution >= 0.6 is 0 Å². The van der Waals surface area contributed by atoms with Gasteiger partial charge in [-0.05, 0) is 43.8 Å². The molecule has 0 saturated carbocycles. The minimum Gasteiger partial charge on any atom is -0.316 e. The van der Waals surface area contributed by atoms with Gasteiger partial charge in [0.1, 0.15) is 0 Å². The second kappa shape index (κ2) is 7.17. The van der Waals surface area contributed by atoms with Gasteiger partial charge in [-0.3, -0.25) is 10.1 Å². The van der Waals surface area contributed by atoms with Crippen LogP contribution in [0.1, 0.15) is 25.3 Å². The van der Waals surface area contributed by atoms with Crippen molar-refractivity contribution < 1.29 is 13.3 Å². The Morgan fingerprint density at radius 1 is 1.45 bits per heavy atom. The summed E-state index contributed by atoms with van der Waals surface area (Å²) < 4.78 is 27.5. The Labute approximate surface area is 130 Å². The number of hydrogen-bond acceptors (Lipinski definition) is 5. The highest BCUT2D eigenvalue weighted by Gasteiger charge is 2.23. The lowest BCUT2D eigenvalue weighted by molar-refractivity contribution is -0.385. The first-order valence-corrected chi connectivity index (χ1v) is 8.90. The van der Waals surface area contributed by atoms with E-state index in [1.807, 2.05) is 6.92 Å². The van der Waals surface area contributed by atoms with Gasteiger partial charge in [0, 0.05) is 18.7 Å². The average Bonchev–Trinajstić information content (AvgIpc) is 2.53. The second-order valence-corrected chi connectivity index (χ2v) is 7.20. The number of sulfonamides is 1. The molecule has 1 aromatic rings. The van der Waals surface area contributed by atoms with Crippen molar-refractivity contribution in [3.63, 3.8) is 0 Å². The molecule has 2 rings (SSSR count). The molecule has 0 radical (unpaired) electrons. The lowest BCUT2D eigenvalue weighted by Gasteiger charge is -2.23. The molecule has 7 nitrogen and oxygen atoms in total. The molecule has 1 aliphatic heterocycles. The zero-order chi connectivity index (χ0) is 16.2. The predicted octanol–water partition coefficient (Wildman–Crippen LogP) is 1.44. The number of piperidine rings is 1. The smallest absolute Gasteiger partial charge is 0.270 e. The van der Waals surface area contributed by atoms with Crippen LogP contribution in [-0.2, 0) is 16.4 Å². The Bertz CT molecular complexity index is 639. The minimum absolute atomic E-state index is 0.00738. The van der Waals surface area contributed by atoms with Crippen molar-refractivity contribution in [1.82, 2.24) is 10.0 Å². The molecule has 1 heterocycles. The molecule has 0 bridgehead atoms. The zero-order valence-corrected chi connectivity index (χ0v) is 13.4. The first-order chi connectivity index (χ1) is 10.4. The van der Waals surface area contributed by atoms with E-state index >= 15 is 0 Å². The van der Waals surface area contributed by atoms with E-state index < -0.39 is 14.9 Å². The standard InChI is InChI=1S/C14H21N3O4S/c1-2-12-5-6-13(17(18)19)8-14(12)22(20,21)16-10-11-4-3-7-15-9-11/h5-6,8,11,15-16H,2-4,7,9-10H2,1H3. The third-order valence-electron chi connectivity index (χ3n) is 3.89. The van der Waals surface area contributed by atoms with Crippen LogP contribution in [0.3, 0.4) is 0 Å². The Hall–Kier alpha value is -1.51. The van der Waals surface area contributed by atoms with Gasteiger partial charge in [0.15, 0.2) is 0 Å². The van der Waals surface area contributed by atoms with Crippen molar-refractivity contribution in [3.05, 3.63) is 33.9 Å². The van der Waals surface area contributed by atoms with Gasteiger partial charge in [0.2, 0.25) is 10.0 Å². The van der Waals surface area contributed by atoms with E-state index in [4.69, 9.17) is 0 Å². The second-order valence-electron chi connectivity index (χ2n) is 5.47. The number of hydrogen-bond donors (Lipinski definition) is 2. The highest BCUT2D eigenvalue weighted by Crippen LogP contribution is 2.23. The normalized spacial score (nSPS) is 19.0. The third kappa shape index (κ3) is 4.02. The molecule has 2 N–H and O–H groups in total. The highest BCUT2D eigenvalue weighted by molar-refractivity contribution is 7.89. The van der Waals surface area contributed by atoms with Crippen LogP contribution in [0.4, 0.5) is 5.69 Å². The van der Waals surface area contributed by atoms with E-state index in [9.17, 15) is 18.5 Å². The van der Waals surface area contributed by atoms with Gasteiger partial charge in [0.05, 0.1) is 9.82 Å². The van der Waals surface area contributed by atoms with E-state index in [1.165, 1.54) is 12.1 Å². The Morgan fingerprint density at radius 2 is 2.23 bits per heavy atom. The van der Waals surface area contributed by atoms with Gasteiger partial charge in [-0.2, -0.15) is 0 Å². The van der Waals surface area contributed by atoms with E-state index in [0.717, 1.165) is 32.0 Å². The van der Waals surface area contributed by atoms with Crippen LogP contribution in [0.2, 0.25) is 0 Å². The fourth-order valence-corrected chi connectivity index (χ4v) is 4.05. The Morgan fingerprint density at radius 3 is 2.82 bits per heavy atom. The number of non-ortho nitro benzene ring substituents is 1. The van der Waals surface area contributed by atoms with Gasteiger partial charge >= 0.3 is 0 Å². The summed E-state index contributed by atoms with van der Waals surface area (Å²) in [5.74, 6) is 0.257. The summed E-state index contributed by atoms with van der Waals surface area (Å²) in [5, 5.41) is 14.1. The van der Waals surface area contributed by atoms with Gasteiger partial charge in [-0.15, -0.1) is 0 Å². The molecule has 0 spiro atoms. The SMILES string of the molecule is CCc1ccc([N+](=O)[O-])cc1S(=O)(=O)NCC1CCCNC1. The van der Waals surface area contributed by atoms with Gasteiger partial charge in [-0.25, -0.2) is 13.1 Å². The maximum absolute atomic E-state index is 12.5. The molecule has 1 aromatic carbocycles. The van der Waals surface area contributed by atoms with Gasteiger partial charge < -0.3 is 5.32 Å². The molecule has 1 saturated heterocycles. The first-order valence-electron chi connectivity index (χ1n) is 7.41. The van der Waals surface area contributed by atoms with Crippen LogP contribution in [0.15, 0.2) is 23.1 Å². The molecule has 22 heavy (non-hydrogen) atoms. The lowest BCUT2D eigenvalue weighted by Crippen LogP contribution is -2.38. The molecule has 1 fully saturated rings. The van der Waals surface area contributed by atoms with Crippen molar-refractivity contribution in [2.75, 3.05) is 19.6 Å². The third-order valence-corrected chi connectivity index (χ3v) is 5.40. The summed E-state index contributed by atoms with van der Waals surface area (Å²) in [6, 6.07) is 3.98. The van der Waals surface area contributed by atoms with Crippen molar-refractivity contribution >= 4 is 15.7 Å². The number of rotatable bonds is 6. The number of nitro benzene ring substituents is 1. The lowest BCUT2D eigenvalue weighted by atomic mass is 10.0. The molecule has 1 unspecified atom stereocenters. The van der Waals surface area contributed by atoms with Crippen molar-refractivity contribution in [1.29, 1.82) is 0 Å². The zero-order valence-electron chi connectivity index (χ0n) is 12.5. The first kappa shape index (κ1) is 16.9. The highest BCUT2D eigenvalue weighted by atomic mass is 32.2. The molecular weight excluding hydrogens is 306 g/mol. The number of aryl methyl sites for hydroxylation is 1. The van der Waals surface area contributed by atoms with Crippen LogP contribution in [0.5, 0.6) is 0 Å². The van der Waals surface area contributed by atoms with Crippen LogP contribution < -0.4 is 10.0 Å². The van der Waals surface area contributed by atoms with E-state index in [-0.39, 0.29) is 16.5 Å².